The number of nitrogens with zero attached hydrogens (tertiary/aromatic N) is 1. The second kappa shape index (κ2) is 11.7. The summed E-state index contributed by atoms with van der Waals surface area (Å²) in [4.78, 5) is 26.4. The number of hydrogen-bond acceptors (Lipinski definition) is 5. The minimum atomic E-state index is -3.70. The predicted octanol–water partition coefficient (Wildman–Crippen LogP) is 2.57. The molecule has 1 aliphatic rings. The molecule has 178 valence electrons. The molecule has 0 aromatic heterocycles. The highest BCUT2D eigenvalue weighted by Gasteiger charge is 2.24. The van der Waals surface area contributed by atoms with Gasteiger partial charge in [0.2, 0.25) is 15.9 Å². The lowest BCUT2D eigenvalue weighted by molar-refractivity contribution is -0.132. The van der Waals surface area contributed by atoms with Crippen molar-refractivity contribution in [3.8, 4) is 5.75 Å². The van der Waals surface area contributed by atoms with Crippen LogP contribution in [-0.2, 0) is 14.8 Å². The smallest absolute Gasteiger partial charge is 0.319 e. The molecule has 1 fully saturated rings. The summed E-state index contributed by atoms with van der Waals surface area (Å²) in [6.45, 7) is 3.40. The Bertz CT molecular complexity index is 1020. The van der Waals surface area contributed by atoms with Crippen LogP contribution in [0.1, 0.15) is 26.2 Å². The van der Waals surface area contributed by atoms with E-state index < -0.39 is 10.0 Å². The van der Waals surface area contributed by atoms with Gasteiger partial charge in [-0.2, -0.15) is 0 Å². The number of rotatable bonds is 9. The van der Waals surface area contributed by atoms with Gasteiger partial charge in [0.1, 0.15) is 5.75 Å². The van der Waals surface area contributed by atoms with E-state index in [0.717, 1.165) is 5.69 Å². The summed E-state index contributed by atoms with van der Waals surface area (Å²) in [5.74, 6) is 0.485. The van der Waals surface area contributed by atoms with Crippen LogP contribution in [0.5, 0.6) is 5.75 Å². The van der Waals surface area contributed by atoms with Gasteiger partial charge in [-0.15, -0.1) is 0 Å². The minimum Gasteiger partial charge on any atom is -0.494 e. The largest absolute Gasteiger partial charge is 0.494 e. The molecule has 2 aromatic rings. The number of amides is 3. The molecule has 9 nitrogen and oxygen atoms in total. The Morgan fingerprint density at radius 2 is 1.70 bits per heavy atom. The number of carbonyl (C=O) groups is 2. The van der Waals surface area contributed by atoms with Crippen molar-refractivity contribution >= 4 is 27.6 Å². The van der Waals surface area contributed by atoms with E-state index in [2.05, 4.69) is 15.4 Å². The van der Waals surface area contributed by atoms with Gasteiger partial charge in [0.15, 0.2) is 0 Å². The van der Waals surface area contributed by atoms with E-state index in [4.69, 9.17) is 4.74 Å². The quantitative estimate of drug-likeness (QED) is 0.516. The van der Waals surface area contributed by atoms with Crippen LogP contribution in [0.4, 0.5) is 10.5 Å². The van der Waals surface area contributed by atoms with E-state index in [1.165, 1.54) is 12.1 Å². The summed E-state index contributed by atoms with van der Waals surface area (Å²) in [5, 5.41) is 5.72. The number of urea groups is 1. The van der Waals surface area contributed by atoms with Crippen molar-refractivity contribution in [2.45, 2.75) is 37.1 Å². The molecule has 1 heterocycles. The number of sulfonamides is 1. The first-order chi connectivity index (χ1) is 15.9. The molecule has 0 saturated carbocycles. The highest BCUT2D eigenvalue weighted by Crippen LogP contribution is 2.16. The molecule has 2 aromatic carbocycles. The molecule has 3 N–H and O–H groups in total. The van der Waals surface area contributed by atoms with Gasteiger partial charge in [0.05, 0.1) is 11.5 Å². The van der Waals surface area contributed by atoms with E-state index in [-0.39, 0.29) is 35.8 Å². The molecule has 1 saturated heterocycles. The number of benzene rings is 2. The third-order valence-electron chi connectivity index (χ3n) is 5.29. The molecular weight excluding hydrogens is 444 g/mol. The number of carbonyl (C=O) groups excluding carboxylic acids is 2. The zero-order valence-electron chi connectivity index (χ0n) is 18.6. The number of likely N-dealkylation sites (tertiary alicyclic amines) is 1. The summed E-state index contributed by atoms with van der Waals surface area (Å²) < 4.78 is 32.6. The first-order valence-corrected chi connectivity index (χ1v) is 12.5. The van der Waals surface area contributed by atoms with Gasteiger partial charge in [-0.25, -0.2) is 17.9 Å². The Hall–Kier alpha value is -3.11. The summed E-state index contributed by atoms with van der Waals surface area (Å²) in [5.41, 5.74) is 0.718. The maximum absolute atomic E-state index is 12.5. The number of piperidine rings is 1. The molecule has 3 amide bonds. The van der Waals surface area contributed by atoms with Crippen LogP contribution in [0.2, 0.25) is 0 Å². The third kappa shape index (κ3) is 7.47. The molecule has 0 aliphatic carbocycles. The number of anilines is 1. The first kappa shape index (κ1) is 24.5. The van der Waals surface area contributed by atoms with Crippen molar-refractivity contribution < 1.29 is 22.7 Å². The second-order valence-electron chi connectivity index (χ2n) is 7.67. The lowest BCUT2D eigenvalue weighted by Crippen LogP contribution is -2.48. The normalized spacial score (nSPS) is 14.5. The van der Waals surface area contributed by atoms with Gasteiger partial charge in [-0.05, 0) is 56.2 Å². The fraction of sp³-hybridized carbons (Fsp3) is 0.391. The van der Waals surface area contributed by atoms with Crippen LogP contribution in [0.3, 0.4) is 0 Å². The lowest BCUT2D eigenvalue weighted by Gasteiger charge is -2.32. The SMILES string of the molecule is CCOc1ccc(S(=O)(=O)NCCC(=O)N2CCC(NC(=O)Nc3ccccc3)CC2)cc1. The van der Waals surface area contributed by atoms with E-state index in [1.54, 1.807) is 17.0 Å². The summed E-state index contributed by atoms with van der Waals surface area (Å²) in [7, 11) is -3.70. The van der Waals surface area contributed by atoms with Crippen molar-refractivity contribution in [2.24, 2.45) is 0 Å². The monoisotopic (exact) mass is 474 g/mol. The van der Waals surface area contributed by atoms with Crippen molar-refractivity contribution in [3.63, 3.8) is 0 Å². The molecule has 0 radical (unpaired) electrons. The van der Waals surface area contributed by atoms with Gasteiger partial charge in [-0.1, -0.05) is 18.2 Å². The topological polar surface area (TPSA) is 117 Å². The summed E-state index contributed by atoms with van der Waals surface area (Å²) in [6.07, 6.45) is 1.36. The number of nitrogens with one attached hydrogen (secondary N) is 3. The maximum atomic E-state index is 12.5. The van der Waals surface area contributed by atoms with Crippen LogP contribution >= 0.6 is 0 Å². The number of hydrogen-bond donors (Lipinski definition) is 3. The van der Waals surface area contributed by atoms with Crippen LogP contribution in [0, 0.1) is 0 Å². The third-order valence-corrected chi connectivity index (χ3v) is 6.77. The molecule has 33 heavy (non-hydrogen) atoms. The fourth-order valence-corrected chi connectivity index (χ4v) is 4.59. The Morgan fingerprint density at radius 1 is 1.03 bits per heavy atom. The minimum absolute atomic E-state index is 0.0177. The van der Waals surface area contributed by atoms with E-state index in [9.17, 15) is 18.0 Å². The maximum Gasteiger partial charge on any atom is 0.319 e. The fourth-order valence-electron chi connectivity index (χ4n) is 3.56. The van der Waals surface area contributed by atoms with Crippen LogP contribution < -0.4 is 20.1 Å². The molecule has 10 heteroatoms. The van der Waals surface area contributed by atoms with Gasteiger partial charge in [0, 0.05) is 37.8 Å². The number of para-hydroxylation sites is 1. The standard InChI is InChI=1S/C23H30N4O5S/c1-2-32-20-8-10-21(11-9-20)33(30,31)24-15-12-22(28)27-16-13-19(14-17-27)26-23(29)25-18-6-4-3-5-7-18/h3-11,19,24H,2,12-17H2,1H3,(H2,25,26,29). The van der Waals surface area contributed by atoms with Crippen molar-refractivity contribution in [1.82, 2.24) is 14.9 Å². The van der Waals surface area contributed by atoms with Gasteiger partial charge in [-0.3, -0.25) is 4.79 Å². The first-order valence-electron chi connectivity index (χ1n) is 11.0. The predicted molar refractivity (Wildman–Crippen MR) is 126 cm³/mol. The molecule has 0 unspecified atom stereocenters. The highest BCUT2D eigenvalue weighted by molar-refractivity contribution is 7.89. The Morgan fingerprint density at radius 3 is 2.33 bits per heavy atom. The van der Waals surface area contributed by atoms with E-state index in [1.807, 2.05) is 37.3 Å². The zero-order chi connectivity index (χ0) is 23.7. The summed E-state index contributed by atoms with van der Waals surface area (Å²) >= 11 is 0. The lowest BCUT2D eigenvalue weighted by atomic mass is 10.0. The van der Waals surface area contributed by atoms with Crippen molar-refractivity contribution in [2.75, 3.05) is 31.6 Å². The van der Waals surface area contributed by atoms with Crippen molar-refractivity contribution in [3.05, 3.63) is 54.6 Å². The van der Waals surface area contributed by atoms with Gasteiger partial charge in [0.25, 0.3) is 0 Å². The Kier molecular flexibility index (Phi) is 8.67. The average molecular weight is 475 g/mol. The average Bonchev–Trinajstić information content (AvgIpc) is 2.80. The summed E-state index contributed by atoms with van der Waals surface area (Å²) in [6, 6.07) is 15.0. The zero-order valence-corrected chi connectivity index (χ0v) is 19.4. The molecule has 3 rings (SSSR count). The molecule has 0 atom stereocenters. The van der Waals surface area contributed by atoms with E-state index >= 15 is 0 Å². The van der Waals surface area contributed by atoms with Crippen LogP contribution in [-0.4, -0.2) is 57.5 Å². The van der Waals surface area contributed by atoms with Crippen LogP contribution in [0.25, 0.3) is 0 Å². The van der Waals surface area contributed by atoms with E-state index in [0.29, 0.717) is 38.3 Å². The molecular formula is C23H30N4O5S. The second-order valence-corrected chi connectivity index (χ2v) is 9.44. The van der Waals surface area contributed by atoms with Crippen molar-refractivity contribution in [1.29, 1.82) is 0 Å². The Labute approximate surface area is 194 Å². The number of ether oxygens (including phenoxy) is 1. The Balaban J connectivity index is 1.38. The molecule has 1 aliphatic heterocycles. The molecule has 0 spiro atoms. The molecule has 0 bridgehead atoms. The van der Waals surface area contributed by atoms with Gasteiger partial charge >= 0.3 is 6.03 Å². The highest BCUT2D eigenvalue weighted by atomic mass is 32.2. The van der Waals surface area contributed by atoms with Crippen LogP contribution in [0.15, 0.2) is 59.5 Å². The van der Waals surface area contributed by atoms with Gasteiger partial charge < -0.3 is 20.3 Å².